The first-order valence-corrected chi connectivity index (χ1v) is 8.97. The molecule has 5 atom stereocenters. The molecule has 2 N–H and O–H groups in total. The minimum Gasteiger partial charge on any atom is -0.396 e. The van der Waals surface area contributed by atoms with E-state index in [0.717, 1.165) is 19.4 Å². The third-order valence-corrected chi connectivity index (χ3v) is 6.71. The van der Waals surface area contributed by atoms with Gasteiger partial charge in [-0.2, -0.15) is 0 Å². The standard InChI is InChI=1S/C20H24N2O2/c1-21-17-5-3-2-4-13(17)15-9-18-16(11-24)14-8-19(20(15)21)22(18)10-12(14)6-7-23/h2-6,14,16,18-19,23-24H,7-11H2,1H3/b12-6+/t14-,16?,18?,19-/m0/s1. The zero-order valence-electron chi connectivity index (χ0n) is 14.0. The zero-order valence-corrected chi connectivity index (χ0v) is 14.0. The van der Waals surface area contributed by atoms with Crippen LogP contribution in [-0.2, 0) is 13.5 Å². The molecule has 6 rings (SSSR count). The third kappa shape index (κ3) is 1.74. The van der Waals surface area contributed by atoms with E-state index in [1.807, 2.05) is 6.08 Å². The molecule has 0 amide bonds. The zero-order chi connectivity index (χ0) is 16.4. The number of hydrogen-bond donors (Lipinski definition) is 2. The van der Waals surface area contributed by atoms with E-state index >= 15 is 0 Å². The Hall–Kier alpha value is -1.62. The van der Waals surface area contributed by atoms with Gasteiger partial charge in [-0.3, -0.25) is 4.90 Å². The SMILES string of the molecule is Cn1c2c(c3ccccc31)CC1C(CO)[C@H]3C[C@@H]2N1C/C3=C\CO. The van der Waals surface area contributed by atoms with Crippen molar-refractivity contribution in [1.29, 1.82) is 0 Å². The van der Waals surface area contributed by atoms with E-state index in [1.165, 1.54) is 27.7 Å². The molecule has 0 aliphatic carbocycles. The number of piperidine rings is 3. The van der Waals surface area contributed by atoms with Crippen LogP contribution in [0.2, 0.25) is 0 Å². The lowest BCUT2D eigenvalue weighted by molar-refractivity contribution is -0.0516. The van der Waals surface area contributed by atoms with Gasteiger partial charge >= 0.3 is 0 Å². The summed E-state index contributed by atoms with van der Waals surface area (Å²) in [7, 11) is 2.19. The summed E-state index contributed by atoms with van der Waals surface area (Å²) < 4.78 is 2.38. The fourth-order valence-electron chi connectivity index (χ4n) is 5.74. The van der Waals surface area contributed by atoms with Crippen molar-refractivity contribution in [3.05, 3.63) is 47.2 Å². The predicted octanol–water partition coefficient (Wildman–Crippen LogP) is 2.01. The van der Waals surface area contributed by atoms with E-state index in [2.05, 4.69) is 40.8 Å². The molecule has 0 spiro atoms. The minimum atomic E-state index is 0.104. The number of fused-ring (bicyclic) bond motifs is 4. The highest BCUT2D eigenvalue weighted by molar-refractivity contribution is 5.86. The first-order chi connectivity index (χ1) is 11.7. The Balaban J connectivity index is 1.68. The van der Waals surface area contributed by atoms with Gasteiger partial charge in [0.2, 0.25) is 0 Å². The number of aliphatic hydroxyl groups excluding tert-OH is 2. The van der Waals surface area contributed by atoms with Crippen LogP contribution in [0.15, 0.2) is 35.9 Å². The maximum absolute atomic E-state index is 10.1. The van der Waals surface area contributed by atoms with Crippen molar-refractivity contribution >= 4 is 10.9 Å². The van der Waals surface area contributed by atoms with Crippen molar-refractivity contribution in [2.24, 2.45) is 18.9 Å². The summed E-state index contributed by atoms with van der Waals surface area (Å²) in [6.07, 6.45) is 4.06. The van der Waals surface area contributed by atoms with Gasteiger partial charge in [-0.1, -0.05) is 29.8 Å². The molecule has 2 aromatic rings. The number of aryl methyl sites for hydroxylation is 1. The lowest BCUT2D eigenvalue weighted by Gasteiger charge is -2.58. The smallest absolute Gasteiger partial charge is 0.0615 e. The molecule has 4 aliphatic heterocycles. The Morgan fingerprint density at radius 1 is 1.25 bits per heavy atom. The van der Waals surface area contributed by atoms with Gasteiger partial charge in [-0.15, -0.1) is 0 Å². The minimum absolute atomic E-state index is 0.104. The van der Waals surface area contributed by atoms with Crippen LogP contribution in [0.1, 0.15) is 23.7 Å². The van der Waals surface area contributed by atoms with E-state index in [4.69, 9.17) is 0 Å². The average Bonchev–Trinajstić information content (AvgIpc) is 2.88. The number of benzene rings is 1. The van der Waals surface area contributed by atoms with Crippen LogP contribution >= 0.6 is 0 Å². The summed E-state index contributed by atoms with van der Waals surface area (Å²) in [6, 6.07) is 9.57. The lowest BCUT2D eigenvalue weighted by Crippen LogP contribution is -2.61. The molecule has 3 unspecified atom stereocenters. The molecule has 3 saturated heterocycles. The van der Waals surface area contributed by atoms with Crippen LogP contribution in [0.4, 0.5) is 0 Å². The molecule has 0 radical (unpaired) electrons. The summed E-state index contributed by atoms with van der Waals surface area (Å²) in [6.45, 7) is 1.28. The van der Waals surface area contributed by atoms with E-state index in [0.29, 0.717) is 23.9 Å². The Bertz CT molecular complexity index is 838. The van der Waals surface area contributed by atoms with Crippen molar-refractivity contribution in [2.45, 2.75) is 24.9 Å². The quantitative estimate of drug-likeness (QED) is 0.831. The number of aromatic nitrogens is 1. The van der Waals surface area contributed by atoms with E-state index in [-0.39, 0.29) is 13.2 Å². The monoisotopic (exact) mass is 324 g/mol. The molecule has 0 saturated carbocycles. The van der Waals surface area contributed by atoms with Gasteiger partial charge in [0, 0.05) is 48.8 Å². The van der Waals surface area contributed by atoms with Crippen LogP contribution in [0.3, 0.4) is 0 Å². The largest absolute Gasteiger partial charge is 0.396 e. The molecule has 1 aromatic carbocycles. The van der Waals surface area contributed by atoms with Gasteiger partial charge in [-0.25, -0.2) is 0 Å². The Morgan fingerprint density at radius 2 is 2.08 bits per heavy atom. The van der Waals surface area contributed by atoms with Crippen LogP contribution in [0.25, 0.3) is 10.9 Å². The molecule has 126 valence electrons. The highest BCUT2D eigenvalue weighted by Crippen LogP contribution is 2.54. The predicted molar refractivity (Wildman–Crippen MR) is 93.7 cm³/mol. The highest BCUT2D eigenvalue weighted by atomic mass is 16.3. The van der Waals surface area contributed by atoms with Gasteiger partial charge in [0.05, 0.1) is 12.6 Å². The van der Waals surface area contributed by atoms with Crippen LogP contribution in [0.5, 0.6) is 0 Å². The van der Waals surface area contributed by atoms with Crippen LogP contribution in [-0.4, -0.2) is 45.5 Å². The van der Waals surface area contributed by atoms with Gasteiger partial charge in [0.25, 0.3) is 0 Å². The van der Waals surface area contributed by atoms with Crippen molar-refractivity contribution in [3.63, 3.8) is 0 Å². The first kappa shape index (κ1) is 14.7. The molecule has 24 heavy (non-hydrogen) atoms. The molecule has 1 aromatic heterocycles. The van der Waals surface area contributed by atoms with E-state index in [1.54, 1.807) is 0 Å². The lowest BCUT2D eigenvalue weighted by atomic mass is 9.64. The van der Waals surface area contributed by atoms with Crippen molar-refractivity contribution in [2.75, 3.05) is 19.8 Å². The summed E-state index contributed by atoms with van der Waals surface area (Å²) in [4.78, 5) is 2.59. The fourth-order valence-corrected chi connectivity index (χ4v) is 5.74. The molecule has 4 nitrogen and oxygen atoms in total. The van der Waals surface area contributed by atoms with E-state index in [9.17, 15) is 10.2 Å². The first-order valence-electron chi connectivity index (χ1n) is 8.97. The maximum atomic E-state index is 10.1. The van der Waals surface area contributed by atoms with Crippen molar-refractivity contribution in [1.82, 2.24) is 9.47 Å². The number of aliphatic hydroxyl groups is 2. The topological polar surface area (TPSA) is 48.6 Å². The summed E-state index contributed by atoms with van der Waals surface area (Å²) >= 11 is 0. The number of para-hydroxylation sites is 1. The average molecular weight is 324 g/mol. The highest BCUT2D eigenvalue weighted by Gasteiger charge is 2.52. The second-order valence-corrected chi connectivity index (χ2v) is 7.55. The second-order valence-electron chi connectivity index (χ2n) is 7.55. The molecule has 4 heteroatoms. The van der Waals surface area contributed by atoms with E-state index < -0.39 is 0 Å². The second kappa shape index (κ2) is 5.19. The summed E-state index contributed by atoms with van der Waals surface area (Å²) in [5.74, 6) is 0.702. The van der Waals surface area contributed by atoms with Gasteiger partial charge in [0.1, 0.15) is 0 Å². The normalized spacial score (nSPS) is 35.6. The fraction of sp³-hybridized carbons (Fsp3) is 0.500. The third-order valence-electron chi connectivity index (χ3n) is 6.71. The number of hydrogen-bond acceptors (Lipinski definition) is 3. The Labute approximate surface area is 142 Å². The van der Waals surface area contributed by atoms with Crippen LogP contribution < -0.4 is 0 Å². The molecular formula is C20H24N2O2. The van der Waals surface area contributed by atoms with Crippen molar-refractivity contribution < 1.29 is 10.2 Å². The molecular weight excluding hydrogens is 300 g/mol. The van der Waals surface area contributed by atoms with Crippen LogP contribution in [0, 0.1) is 11.8 Å². The molecule has 4 aliphatic rings. The van der Waals surface area contributed by atoms with Gasteiger partial charge < -0.3 is 14.8 Å². The molecule has 5 heterocycles. The number of rotatable bonds is 2. The summed E-state index contributed by atoms with van der Waals surface area (Å²) in [5.41, 5.74) is 5.60. The molecule has 3 fully saturated rings. The van der Waals surface area contributed by atoms with Crippen molar-refractivity contribution in [3.8, 4) is 0 Å². The molecule has 4 bridgehead atoms. The Morgan fingerprint density at radius 3 is 2.88 bits per heavy atom. The number of nitrogens with zero attached hydrogens (tertiary/aromatic N) is 2. The maximum Gasteiger partial charge on any atom is 0.0615 e. The summed E-state index contributed by atoms with van der Waals surface area (Å²) in [5, 5.41) is 20.8. The van der Waals surface area contributed by atoms with Gasteiger partial charge in [-0.05, 0) is 30.4 Å². The Kier molecular flexibility index (Phi) is 3.18. The van der Waals surface area contributed by atoms with Gasteiger partial charge in [0.15, 0.2) is 0 Å².